The molecule has 1 heterocycles. The summed E-state index contributed by atoms with van der Waals surface area (Å²) in [5.74, 6) is 0.786. The van der Waals surface area contributed by atoms with E-state index in [0.29, 0.717) is 6.54 Å². The summed E-state index contributed by atoms with van der Waals surface area (Å²) in [6.45, 7) is 6.72. The molecule has 0 aromatic carbocycles. The highest BCUT2D eigenvalue weighted by molar-refractivity contribution is 5.38. The fourth-order valence-electron chi connectivity index (χ4n) is 0.960. The fraction of sp³-hybridized carbons (Fsp3) is 0.600. The first kappa shape index (κ1) is 10.9. The number of aliphatic hydroxyl groups is 1. The fourth-order valence-corrected chi connectivity index (χ4v) is 0.960. The summed E-state index contributed by atoms with van der Waals surface area (Å²) >= 11 is 0. The first-order valence-electron chi connectivity index (χ1n) is 4.67. The van der Waals surface area contributed by atoms with Crippen molar-refractivity contribution in [3.63, 3.8) is 0 Å². The molecule has 1 aromatic heterocycles. The zero-order valence-corrected chi connectivity index (χ0v) is 8.91. The molecule has 0 bridgehead atoms. The van der Waals surface area contributed by atoms with Crippen LogP contribution in [-0.4, -0.2) is 28.2 Å². The number of aromatic nitrogens is 2. The number of aliphatic hydroxyl groups excluding tert-OH is 1. The van der Waals surface area contributed by atoms with Gasteiger partial charge in [0.2, 0.25) is 0 Å². The van der Waals surface area contributed by atoms with E-state index < -0.39 is 0 Å². The molecule has 0 aliphatic carbocycles. The second kappa shape index (κ2) is 4.37. The van der Waals surface area contributed by atoms with Gasteiger partial charge in [-0.2, -0.15) is 0 Å². The van der Waals surface area contributed by atoms with Crippen molar-refractivity contribution in [1.82, 2.24) is 9.97 Å². The predicted octanol–water partition coefficient (Wildman–Crippen LogP) is 1.22. The Balaban J connectivity index is 2.58. The third-order valence-corrected chi connectivity index (χ3v) is 2.04. The molecule has 0 atom stereocenters. The molecule has 0 saturated carbocycles. The van der Waals surface area contributed by atoms with Crippen molar-refractivity contribution in [2.45, 2.75) is 20.8 Å². The van der Waals surface area contributed by atoms with Crippen LogP contribution >= 0.6 is 0 Å². The van der Waals surface area contributed by atoms with Gasteiger partial charge in [-0.1, -0.05) is 13.8 Å². The van der Waals surface area contributed by atoms with Crippen molar-refractivity contribution >= 4 is 5.82 Å². The number of nitrogens with one attached hydrogen (secondary N) is 1. The number of nitrogens with zero attached hydrogens (tertiary/aromatic N) is 2. The van der Waals surface area contributed by atoms with Gasteiger partial charge >= 0.3 is 0 Å². The number of hydrogen-bond acceptors (Lipinski definition) is 4. The zero-order valence-electron chi connectivity index (χ0n) is 8.91. The van der Waals surface area contributed by atoms with Crippen LogP contribution in [-0.2, 0) is 0 Å². The molecule has 1 rings (SSSR count). The van der Waals surface area contributed by atoms with Gasteiger partial charge in [-0.3, -0.25) is 4.98 Å². The molecule has 0 unspecified atom stereocenters. The van der Waals surface area contributed by atoms with E-state index in [4.69, 9.17) is 5.11 Å². The Morgan fingerprint density at radius 2 is 2.00 bits per heavy atom. The first-order chi connectivity index (χ1) is 6.55. The third kappa shape index (κ3) is 2.96. The molecule has 0 spiro atoms. The quantitative estimate of drug-likeness (QED) is 0.758. The highest BCUT2D eigenvalue weighted by Crippen LogP contribution is 2.15. The van der Waals surface area contributed by atoms with Gasteiger partial charge in [0, 0.05) is 31.0 Å². The van der Waals surface area contributed by atoms with Gasteiger partial charge in [0.15, 0.2) is 0 Å². The van der Waals surface area contributed by atoms with Crippen molar-refractivity contribution in [2.24, 2.45) is 5.41 Å². The average Bonchev–Trinajstić information content (AvgIpc) is 2.17. The van der Waals surface area contributed by atoms with Gasteiger partial charge in [-0.05, 0) is 6.92 Å². The average molecular weight is 195 g/mol. The molecule has 1 aromatic rings. The van der Waals surface area contributed by atoms with Crippen molar-refractivity contribution < 1.29 is 5.11 Å². The molecule has 4 heteroatoms. The molecule has 0 fully saturated rings. The van der Waals surface area contributed by atoms with Crippen LogP contribution in [0, 0.1) is 12.3 Å². The smallest absolute Gasteiger partial charge is 0.147 e. The Bertz CT molecular complexity index is 299. The third-order valence-electron chi connectivity index (χ3n) is 2.04. The minimum Gasteiger partial charge on any atom is -0.396 e. The van der Waals surface area contributed by atoms with Crippen LogP contribution in [0.2, 0.25) is 0 Å². The molecule has 2 N–H and O–H groups in total. The van der Waals surface area contributed by atoms with E-state index in [2.05, 4.69) is 15.3 Å². The lowest BCUT2D eigenvalue weighted by Crippen LogP contribution is -2.27. The van der Waals surface area contributed by atoms with E-state index in [0.717, 1.165) is 11.5 Å². The zero-order chi connectivity index (χ0) is 10.6. The number of anilines is 1. The van der Waals surface area contributed by atoms with Crippen molar-refractivity contribution in [2.75, 3.05) is 18.5 Å². The van der Waals surface area contributed by atoms with Crippen LogP contribution in [0.5, 0.6) is 0 Å². The second-order valence-corrected chi connectivity index (χ2v) is 4.17. The van der Waals surface area contributed by atoms with Crippen LogP contribution in [0.1, 0.15) is 19.5 Å². The van der Waals surface area contributed by atoms with Crippen LogP contribution < -0.4 is 5.32 Å². The molecule has 0 radical (unpaired) electrons. The van der Waals surface area contributed by atoms with Crippen LogP contribution in [0.15, 0.2) is 12.4 Å². The molecule has 0 aliphatic rings. The predicted molar refractivity (Wildman–Crippen MR) is 56.1 cm³/mol. The van der Waals surface area contributed by atoms with Gasteiger partial charge in [0.25, 0.3) is 0 Å². The van der Waals surface area contributed by atoms with Crippen molar-refractivity contribution in [3.05, 3.63) is 18.1 Å². The molecule has 0 aliphatic heterocycles. The van der Waals surface area contributed by atoms with Crippen LogP contribution in [0.3, 0.4) is 0 Å². The van der Waals surface area contributed by atoms with Gasteiger partial charge in [0.05, 0.1) is 5.69 Å². The number of hydrogen-bond donors (Lipinski definition) is 2. The highest BCUT2D eigenvalue weighted by Gasteiger charge is 2.16. The summed E-state index contributed by atoms with van der Waals surface area (Å²) in [6, 6.07) is 0. The summed E-state index contributed by atoms with van der Waals surface area (Å²) < 4.78 is 0. The van der Waals surface area contributed by atoms with Crippen molar-refractivity contribution in [3.8, 4) is 0 Å². The largest absolute Gasteiger partial charge is 0.396 e. The monoisotopic (exact) mass is 195 g/mol. The van der Waals surface area contributed by atoms with Gasteiger partial charge in [0.1, 0.15) is 5.82 Å². The summed E-state index contributed by atoms with van der Waals surface area (Å²) in [7, 11) is 0. The maximum absolute atomic E-state index is 9.07. The Morgan fingerprint density at radius 1 is 1.36 bits per heavy atom. The Labute approximate surface area is 84.4 Å². The lowest BCUT2D eigenvalue weighted by atomic mass is 9.95. The topological polar surface area (TPSA) is 58.0 Å². The van der Waals surface area contributed by atoms with E-state index in [1.807, 2.05) is 20.8 Å². The Kier molecular flexibility index (Phi) is 3.41. The van der Waals surface area contributed by atoms with Crippen LogP contribution in [0.4, 0.5) is 5.82 Å². The highest BCUT2D eigenvalue weighted by atomic mass is 16.3. The van der Waals surface area contributed by atoms with E-state index in [9.17, 15) is 0 Å². The minimum absolute atomic E-state index is 0.135. The summed E-state index contributed by atoms with van der Waals surface area (Å²) in [5.41, 5.74) is 0.741. The first-order valence-corrected chi connectivity index (χ1v) is 4.67. The number of aryl methyl sites for hydroxylation is 1. The Morgan fingerprint density at radius 3 is 2.57 bits per heavy atom. The Hall–Kier alpha value is -1.16. The summed E-state index contributed by atoms with van der Waals surface area (Å²) in [5, 5.41) is 12.2. The lowest BCUT2D eigenvalue weighted by Gasteiger charge is -2.22. The molecule has 14 heavy (non-hydrogen) atoms. The second-order valence-electron chi connectivity index (χ2n) is 4.17. The van der Waals surface area contributed by atoms with Gasteiger partial charge in [-0.15, -0.1) is 0 Å². The normalized spacial score (nSPS) is 11.4. The SMILES string of the molecule is Cc1nccnc1NCC(C)(C)CO. The van der Waals surface area contributed by atoms with Gasteiger partial charge < -0.3 is 10.4 Å². The van der Waals surface area contributed by atoms with E-state index in [1.54, 1.807) is 12.4 Å². The maximum atomic E-state index is 9.07. The molecule has 0 saturated heterocycles. The molecule has 0 amide bonds. The lowest BCUT2D eigenvalue weighted by molar-refractivity contribution is 0.170. The maximum Gasteiger partial charge on any atom is 0.147 e. The summed E-state index contributed by atoms with van der Waals surface area (Å²) in [6.07, 6.45) is 3.32. The van der Waals surface area contributed by atoms with E-state index >= 15 is 0 Å². The van der Waals surface area contributed by atoms with Gasteiger partial charge in [-0.25, -0.2) is 4.98 Å². The molecular weight excluding hydrogens is 178 g/mol. The van der Waals surface area contributed by atoms with Crippen LogP contribution in [0.25, 0.3) is 0 Å². The molecular formula is C10H17N3O. The van der Waals surface area contributed by atoms with E-state index in [-0.39, 0.29) is 12.0 Å². The molecule has 78 valence electrons. The number of rotatable bonds is 4. The summed E-state index contributed by atoms with van der Waals surface area (Å²) in [4.78, 5) is 8.28. The van der Waals surface area contributed by atoms with E-state index in [1.165, 1.54) is 0 Å². The minimum atomic E-state index is -0.135. The molecule has 4 nitrogen and oxygen atoms in total. The standard InChI is InChI=1S/C10H17N3O/c1-8-9(12-5-4-11-8)13-6-10(2,3)7-14/h4-5,14H,6-7H2,1-3H3,(H,12,13). The van der Waals surface area contributed by atoms with Crippen molar-refractivity contribution in [1.29, 1.82) is 0 Å².